The Bertz CT molecular complexity index is 4440. The van der Waals surface area contributed by atoms with Crippen LogP contribution < -0.4 is 13.8 Å². The van der Waals surface area contributed by atoms with Gasteiger partial charge in [-0.3, -0.25) is 0 Å². The van der Waals surface area contributed by atoms with Gasteiger partial charge in [-0.05, 0) is 103 Å². The fraction of sp³-hybridized carbons (Fsp3) is 0.0606. The van der Waals surface area contributed by atoms with Crippen LogP contribution in [0.25, 0.3) is 116 Å². The normalized spacial score (nSPS) is 15.0. The van der Waals surface area contributed by atoms with E-state index in [4.69, 9.17) is 0 Å². The minimum absolute atomic E-state index is 0.116. The van der Waals surface area contributed by atoms with Gasteiger partial charge in [0.15, 0.2) is 22.9 Å². The fourth-order valence-corrected chi connectivity index (χ4v) is 13.1. The first kappa shape index (κ1) is 39.0. The number of pyridine rings is 1. The van der Waals surface area contributed by atoms with Gasteiger partial charge in [0.05, 0.1) is 11.1 Å². The lowest BCUT2D eigenvalue weighted by molar-refractivity contribution is -0.786. The first-order chi connectivity index (χ1) is 34.9. The Morgan fingerprint density at radius 1 is 0.423 bits per heavy atom. The zero-order chi connectivity index (χ0) is 46.9. The molecular formula is C66H46N5+3. The van der Waals surface area contributed by atoms with Crippen LogP contribution in [0.1, 0.15) is 26.3 Å². The predicted octanol–water partition coefficient (Wildman–Crippen LogP) is 15.9. The Balaban J connectivity index is 1.22. The van der Waals surface area contributed by atoms with Gasteiger partial charge in [-0.2, -0.15) is 4.57 Å². The van der Waals surface area contributed by atoms with E-state index >= 15 is 0 Å². The Morgan fingerprint density at radius 2 is 0.972 bits per heavy atom. The molecule has 0 saturated heterocycles. The van der Waals surface area contributed by atoms with Crippen molar-refractivity contribution in [2.75, 3.05) is 0 Å². The van der Waals surface area contributed by atoms with Crippen molar-refractivity contribution in [3.8, 4) is 61.7 Å². The summed E-state index contributed by atoms with van der Waals surface area (Å²) in [6.45, 7) is 7.01. The molecule has 13 aromatic rings. The number of hydrogen-bond donors (Lipinski definition) is 0. The van der Waals surface area contributed by atoms with E-state index in [1.54, 1.807) is 0 Å². The highest BCUT2D eigenvalue weighted by atomic mass is 15.8. The van der Waals surface area contributed by atoms with Crippen molar-refractivity contribution in [1.29, 1.82) is 0 Å². The van der Waals surface area contributed by atoms with E-state index in [1.807, 2.05) is 0 Å². The van der Waals surface area contributed by atoms with Gasteiger partial charge in [0.25, 0.3) is 0 Å². The summed E-state index contributed by atoms with van der Waals surface area (Å²) in [5.74, 6) is 2.25. The van der Waals surface area contributed by atoms with Gasteiger partial charge in [0.1, 0.15) is 5.52 Å². The smallest absolute Gasteiger partial charge is 0.181 e. The fourth-order valence-electron chi connectivity index (χ4n) is 13.1. The lowest BCUT2D eigenvalue weighted by atomic mass is 9.84. The van der Waals surface area contributed by atoms with Gasteiger partial charge in [-0.1, -0.05) is 178 Å². The molecule has 5 heteroatoms. The zero-order valence-electron chi connectivity index (χ0n) is 39.6. The summed E-state index contributed by atoms with van der Waals surface area (Å²) < 4.78 is 10.8. The minimum Gasteiger partial charge on any atom is -0.181 e. The van der Waals surface area contributed by atoms with Crippen molar-refractivity contribution in [1.82, 2.24) is 13.7 Å². The Hall–Kier alpha value is -8.90. The minimum atomic E-state index is -0.116. The molecule has 0 N–H and O–H groups in total. The topological polar surface area (TPSA) is 17.6 Å². The highest BCUT2D eigenvalue weighted by Gasteiger charge is 2.69. The van der Waals surface area contributed by atoms with Gasteiger partial charge >= 0.3 is 11.8 Å². The van der Waals surface area contributed by atoms with E-state index in [9.17, 15) is 0 Å². The Kier molecular flexibility index (Phi) is 7.50. The van der Waals surface area contributed by atoms with Crippen LogP contribution >= 0.6 is 0 Å². The number of imidazole rings is 1. The van der Waals surface area contributed by atoms with E-state index in [0.717, 1.165) is 28.5 Å². The molecule has 1 atom stereocenters. The van der Waals surface area contributed by atoms with Crippen LogP contribution in [-0.2, 0) is 5.41 Å². The van der Waals surface area contributed by atoms with Gasteiger partial charge in [-0.15, -0.1) is 9.13 Å². The third-order valence-corrected chi connectivity index (χ3v) is 16.0. The lowest BCUT2D eigenvalue weighted by Gasteiger charge is -2.32. The molecule has 1 unspecified atom stereocenters. The van der Waals surface area contributed by atoms with Crippen molar-refractivity contribution in [3.05, 3.63) is 230 Å². The number of nitrogens with zero attached hydrogens (tertiary/aromatic N) is 5. The number of rotatable bonds is 3. The van der Waals surface area contributed by atoms with Crippen LogP contribution in [0.5, 0.6) is 0 Å². The molecule has 0 saturated carbocycles. The molecule has 0 radical (unpaired) electrons. The zero-order valence-corrected chi connectivity index (χ0v) is 39.6. The first-order valence-corrected chi connectivity index (χ1v) is 24.8. The molecule has 16 rings (SSSR count). The molecule has 10 aromatic carbocycles. The molecule has 3 aromatic heterocycles. The summed E-state index contributed by atoms with van der Waals surface area (Å²) in [7, 11) is 0. The van der Waals surface area contributed by atoms with Gasteiger partial charge in [-0.25, -0.2) is 0 Å². The van der Waals surface area contributed by atoms with Crippen molar-refractivity contribution in [2.45, 2.75) is 26.2 Å². The maximum atomic E-state index is 2.66. The summed E-state index contributed by atoms with van der Waals surface area (Å²) in [6, 6.07) is 82.1. The molecule has 3 aliphatic rings. The van der Waals surface area contributed by atoms with Crippen LogP contribution in [0.15, 0.2) is 225 Å². The van der Waals surface area contributed by atoms with Crippen LogP contribution in [0.4, 0.5) is 17.3 Å². The largest absolute Gasteiger partial charge is 0.519 e. The number of quaternary nitrogens is 1. The van der Waals surface area contributed by atoms with E-state index in [2.05, 4.69) is 264 Å². The molecule has 1 spiro atoms. The van der Waals surface area contributed by atoms with Crippen LogP contribution in [-0.4, -0.2) is 9.13 Å². The van der Waals surface area contributed by atoms with Crippen molar-refractivity contribution < 1.29 is 9.24 Å². The maximum Gasteiger partial charge on any atom is 0.519 e. The van der Waals surface area contributed by atoms with Gasteiger partial charge in [0, 0.05) is 43.7 Å². The van der Waals surface area contributed by atoms with Gasteiger partial charge in [0.2, 0.25) is 22.6 Å². The average molecular weight is 909 g/mol. The third-order valence-electron chi connectivity index (χ3n) is 16.0. The molecular weight excluding hydrogens is 863 g/mol. The Labute approximate surface area is 410 Å². The molecule has 0 bridgehead atoms. The molecule has 5 nitrogen and oxygen atoms in total. The standard InChI is InChI=1S/C66H46N5/c1-66(2,3)43-38-39-67-58(40-43)69-54-32-15-14-26-48(54)51-36-37-53-60-50-28-13-11-25-47(50)46-24-10-12-27-49(46)59(60)52-31-19-35-57-63(52)71(67,64(53)62(51)69)65-68(57)55-33-16-17-34-56(55)70(65)61-44(41-20-6-4-7-21-41)29-18-30-45(61)42-22-8-5-9-23-42/h4-40H,1-3H3/q+3. The summed E-state index contributed by atoms with van der Waals surface area (Å²) in [6.07, 6.45) is 2.42. The quantitative estimate of drug-likeness (QED) is 0.0955. The number of benzene rings is 10. The van der Waals surface area contributed by atoms with E-state index in [0.29, 0.717) is 0 Å². The molecule has 0 aliphatic carbocycles. The van der Waals surface area contributed by atoms with Crippen LogP contribution in [0.2, 0.25) is 0 Å². The van der Waals surface area contributed by atoms with Crippen LogP contribution in [0, 0.1) is 0 Å². The number of para-hydroxylation sites is 5. The van der Waals surface area contributed by atoms with E-state index < -0.39 is 0 Å². The Morgan fingerprint density at radius 3 is 1.63 bits per heavy atom. The molecule has 0 amide bonds. The molecule has 6 heterocycles. The summed E-state index contributed by atoms with van der Waals surface area (Å²) in [5, 5.41) is 7.52. The molecule has 3 aliphatic heterocycles. The second-order valence-corrected chi connectivity index (χ2v) is 20.6. The number of hydrogen-bond acceptors (Lipinski definition) is 0. The summed E-state index contributed by atoms with van der Waals surface area (Å²) in [4.78, 5) is 0. The predicted molar refractivity (Wildman–Crippen MR) is 291 cm³/mol. The third kappa shape index (κ3) is 4.79. The van der Waals surface area contributed by atoms with Crippen LogP contribution in [0.3, 0.4) is 0 Å². The summed E-state index contributed by atoms with van der Waals surface area (Å²) in [5.41, 5.74) is 20.3. The van der Waals surface area contributed by atoms with E-state index in [-0.39, 0.29) is 10.0 Å². The SMILES string of the molecule is CC(C)(C)c1cc[n+]2c(c1)-n1c3ccccc3c3ccc4c(c31)[N+]21c2c(cccc2-[n+]2c1n(-c1c(-c3ccccc3)cccc1-c1ccccc1)c1ccccc12)-c1c-4c2ccccc2c2ccccc12. The number of aromatic nitrogens is 4. The summed E-state index contributed by atoms with van der Waals surface area (Å²) >= 11 is 0. The monoisotopic (exact) mass is 908 g/mol. The second-order valence-electron chi connectivity index (χ2n) is 20.6. The average Bonchev–Trinajstić information content (AvgIpc) is 4.03. The first-order valence-electron chi connectivity index (χ1n) is 24.8. The van der Waals surface area contributed by atoms with Crippen molar-refractivity contribution in [2.24, 2.45) is 0 Å². The maximum absolute atomic E-state index is 2.66. The van der Waals surface area contributed by atoms with Crippen molar-refractivity contribution in [3.63, 3.8) is 0 Å². The molecule has 71 heavy (non-hydrogen) atoms. The van der Waals surface area contributed by atoms with Gasteiger partial charge < -0.3 is 0 Å². The molecule has 332 valence electrons. The number of fused-ring (bicyclic) bond motifs is 17. The second kappa shape index (κ2) is 13.7. The molecule has 0 fully saturated rings. The van der Waals surface area contributed by atoms with Crippen molar-refractivity contribution >= 4 is 71.7 Å². The van der Waals surface area contributed by atoms with E-state index in [1.165, 1.54) is 110 Å². The highest BCUT2D eigenvalue weighted by Crippen LogP contribution is 2.65. The highest BCUT2D eigenvalue weighted by molar-refractivity contribution is 6.27. The lowest BCUT2D eigenvalue weighted by Crippen LogP contribution is -2.69.